The van der Waals surface area contributed by atoms with Crippen LogP contribution in [0.15, 0.2) is 60.3 Å². The van der Waals surface area contributed by atoms with Crippen LogP contribution in [0.4, 0.5) is 5.00 Å². The van der Waals surface area contributed by atoms with E-state index in [2.05, 4.69) is 21.9 Å². The van der Waals surface area contributed by atoms with Crippen LogP contribution >= 0.6 is 11.3 Å². The predicted octanol–water partition coefficient (Wildman–Crippen LogP) is 3.47. The van der Waals surface area contributed by atoms with Gasteiger partial charge in [-0.1, -0.05) is 6.58 Å². The second kappa shape index (κ2) is 7.98. The molecule has 0 unspecified atom stereocenters. The number of nitrogens with zero attached hydrogens (tertiary/aromatic N) is 3. The van der Waals surface area contributed by atoms with E-state index in [9.17, 15) is 13.2 Å². The van der Waals surface area contributed by atoms with Gasteiger partial charge in [-0.15, -0.1) is 11.3 Å². The molecule has 0 spiro atoms. The minimum Gasteiger partial charge on any atom is -0.437 e. The third-order valence-corrected chi connectivity index (χ3v) is 7.30. The van der Waals surface area contributed by atoms with Crippen molar-refractivity contribution in [2.24, 2.45) is 0 Å². The Kier molecular flexibility index (Phi) is 5.37. The summed E-state index contributed by atoms with van der Waals surface area (Å²) in [4.78, 5) is 20.7. The summed E-state index contributed by atoms with van der Waals surface area (Å²) in [6, 6.07) is 8.00. The number of benzene rings is 1. The molecule has 0 fully saturated rings. The molecular weight excluding hydrogens is 424 g/mol. The average Bonchev–Trinajstić information content (AvgIpc) is 3.27. The van der Waals surface area contributed by atoms with E-state index in [1.165, 1.54) is 40.0 Å². The normalized spacial score (nSPS) is 13.6. The summed E-state index contributed by atoms with van der Waals surface area (Å²) in [5.74, 6) is 0.518. The van der Waals surface area contributed by atoms with Crippen LogP contribution in [0.25, 0.3) is 0 Å². The zero-order valence-electron chi connectivity index (χ0n) is 16.0. The van der Waals surface area contributed by atoms with E-state index in [0.29, 0.717) is 16.6 Å². The van der Waals surface area contributed by atoms with E-state index in [4.69, 9.17) is 4.74 Å². The average molecular weight is 443 g/mol. The van der Waals surface area contributed by atoms with Crippen molar-refractivity contribution in [3.05, 3.63) is 71.5 Å². The monoisotopic (exact) mass is 442 g/mol. The Morgan fingerprint density at radius 3 is 2.70 bits per heavy atom. The number of anilines is 1. The summed E-state index contributed by atoms with van der Waals surface area (Å²) in [6.07, 6.45) is 4.31. The number of amides is 1. The third-order valence-electron chi connectivity index (χ3n) is 4.41. The number of aryl methyl sites for hydroxylation is 1. The van der Waals surface area contributed by atoms with Gasteiger partial charge in [0.15, 0.2) is 0 Å². The summed E-state index contributed by atoms with van der Waals surface area (Å²) in [6.45, 7) is 5.75. The van der Waals surface area contributed by atoms with Crippen LogP contribution in [0.3, 0.4) is 0 Å². The molecule has 0 radical (unpaired) electrons. The van der Waals surface area contributed by atoms with Crippen LogP contribution < -0.4 is 10.1 Å². The fourth-order valence-corrected chi connectivity index (χ4v) is 5.54. The lowest BCUT2D eigenvalue weighted by Crippen LogP contribution is -2.25. The van der Waals surface area contributed by atoms with E-state index in [1.807, 2.05) is 0 Å². The number of ether oxygens (including phenoxy) is 1. The van der Waals surface area contributed by atoms with Crippen LogP contribution in [0.5, 0.6) is 11.6 Å². The molecule has 1 aliphatic heterocycles. The molecule has 154 valence electrons. The van der Waals surface area contributed by atoms with Gasteiger partial charge in [-0.2, -0.15) is 4.31 Å². The summed E-state index contributed by atoms with van der Waals surface area (Å²) < 4.78 is 33.1. The quantitative estimate of drug-likeness (QED) is 0.587. The number of carbonyl (C=O) groups excluding carboxylic acids is 1. The molecule has 1 aliphatic rings. The molecule has 10 heteroatoms. The highest BCUT2D eigenvalue weighted by Crippen LogP contribution is 2.37. The van der Waals surface area contributed by atoms with Gasteiger partial charge in [-0.3, -0.25) is 9.78 Å². The second-order valence-corrected chi connectivity index (χ2v) is 9.67. The summed E-state index contributed by atoms with van der Waals surface area (Å²) in [5.41, 5.74) is 1.61. The van der Waals surface area contributed by atoms with Crippen molar-refractivity contribution < 1.29 is 17.9 Å². The van der Waals surface area contributed by atoms with Gasteiger partial charge in [-0.05, 0) is 48.9 Å². The van der Waals surface area contributed by atoms with Gasteiger partial charge in [0.2, 0.25) is 21.8 Å². The van der Waals surface area contributed by atoms with Crippen molar-refractivity contribution >= 4 is 32.3 Å². The van der Waals surface area contributed by atoms with Crippen LogP contribution in [-0.2, 0) is 27.9 Å². The lowest BCUT2D eigenvalue weighted by Gasteiger charge is -2.16. The molecule has 2 aromatic heterocycles. The van der Waals surface area contributed by atoms with Gasteiger partial charge >= 0.3 is 0 Å². The van der Waals surface area contributed by atoms with Crippen molar-refractivity contribution in [1.29, 1.82) is 0 Å². The Hall–Kier alpha value is -3.08. The molecule has 4 rings (SSSR count). The molecule has 1 N–H and O–H groups in total. The Morgan fingerprint density at radius 1 is 1.27 bits per heavy atom. The van der Waals surface area contributed by atoms with Crippen molar-refractivity contribution in [2.45, 2.75) is 24.9 Å². The van der Waals surface area contributed by atoms with Crippen LogP contribution in [0.1, 0.15) is 16.1 Å². The molecule has 3 aromatic rings. The summed E-state index contributed by atoms with van der Waals surface area (Å²) in [5, 5.41) is 3.39. The minimum atomic E-state index is -3.66. The SMILES string of the molecule is C=CC(=O)Nc1cc2c(s1)CN(S(=O)(=O)c1ccc(Oc3cncc(C)n3)cc1)C2. The van der Waals surface area contributed by atoms with Gasteiger partial charge in [0.05, 0.1) is 21.8 Å². The molecule has 0 aliphatic carbocycles. The first kappa shape index (κ1) is 20.2. The maximum Gasteiger partial charge on any atom is 0.248 e. The van der Waals surface area contributed by atoms with Crippen molar-refractivity contribution in [3.8, 4) is 11.6 Å². The Bertz CT molecular complexity index is 1200. The first-order valence-corrected chi connectivity index (χ1v) is 11.2. The van der Waals surface area contributed by atoms with E-state index in [-0.39, 0.29) is 23.9 Å². The summed E-state index contributed by atoms with van der Waals surface area (Å²) >= 11 is 1.37. The third kappa shape index (κ3) is 4.11. The van der Waals surface area contributed by atoms with Crippen LogP contribution in [0.2, 0.25) is 0 Å². The highest BCUT2D eigenvalue weighted by Gasteiger charge is 2.32. The Morgan fingerprint density at radius 2 is 2.03 bits per heavy atom. The highest BCUT2D eigenvalue weighted by molar-refractivity contribution is 7.89. The number of thiophene rings is 1. The highest BCUT2D eigenvalue weighted by atomic mass is 32.2. The van der Waals surface area contributed by atoms with Crippen molar-refractivity contribution in [2.75, 3.05) is 5.32 Å². The Labute approximate surface area is 177 Å². The smallest absolute Gasteiger partial charge is 0.248 e. The molecule has 0 saturated carbocycles. The van der Waals surface area contributed by atoms with E-state index in [0.717, 1.165) is 16.1 Å². The number of fused-ring (bicyclic) bond motifs is 1. The van der Waals surface area contributed by atoms with E-state index in [1.54, 1.807) is 31.3 Å². The largest absolute Gasteiger partial charge is 0.437 e. The van der Waals surface area contributed by atoms with Gasteiger partial charge < -0.3 is 10.1 Å². The maximum absolute atomic E-state index is 13.0. The second-order valence-electron chi connectivity index (χ2n) is 6.60. The molecule has 30 heavy (non-hydrogen) atoms. The van der Waals surface area contributed by atoms with Gasteiger partial charge in [-0.25, -0.2) is 13.4 Å². The molecule has 1 amide bonds. The van der Waals surface area contributed by atoms with Gasteiger partial charge in [0.1, 0.15) is 5.75 Å². The number of rotatable bonds is 6. The van der Waals surface area contributed by atoms with Crippen LogP contribution in [-0.4, -0.2) is 28.6 Å². The number of hydrogen-bond acceptors (Lipinski definition) is 7. The first-order valence-electron chi connectivity index (χ1n) is 8.97. The maximum atomic E-state index is 13.0. The molecule has 0 atom stereocenters. The topological polar surface area (TPSA) is 101 Å². The van der Waals surface area contributed by atoms with Gasteiger partial charge in [0, 0.05) is 24.2 Å². The first-order chi connectivity index (χ1) is 14.3. The van der Waals surface area contributed by atoms with Crippen LogP contribution in [0, 0.1) is 6.92 Å². The Balaban J connectivity index is 1.46. The molecular formula is C20H18N4O4S2. The summed E-state index contributed by atoms with van der Waals surface area (Å²) in [7, 11) is -3.66. The van der Waals surface area contributed by atoms with Gasteiger partial charge in [0.25, 0.3) is 0 Å². The zero-order chi connectivity index (χ0) is 21.3. The number of nitrogens with one attached hydrogen (secondary N) is 1. The van der Waals surface area contributed by atoms with E-state index < -0.39 is 10.0 Å². The molecule has 8 nitrogen and oxygen atoms in total. The minimum absolute atomic E-state index is 0.181. The fourth-order valence-electron chi connectivity index (χ4n) is 2.98. The van der Waals surface area contributed by atoms with E-state index >= 15 is 0 Å². The number of carbonyl (C=O) groups is 1. The predicted molar refractivity (Wildman–Crippen MR) is 113 cm³/mol. The fraction of sp³-hybridized carbons (Fsp3) is 0.150. The number of hydrogen-bond donors (Lipinski definition) is 1. The molecule has 0 bridgehead atoms. The molecule has 1 aromatic carbocycles. The van der Waals surface area contributed by atoms with Crippen molar-refractivity contribution in [1.82, 2.24) is 14.3 Å². The standard InChI is InChI=1S/C20H18N4O4S2/c1-3-18(25)23-20-8-14-11-24(12-17(14)29-20)30(26,27)16-6-4-15(5-7-16)28-19-10-21-9-13(2)22-19/h3-10H,1,11-12H2,2H3,(H,23,25). The van der Waals surface area contributed by atoms with Crippen molar-refractivity contribution in [3.63, 3.8) is 0 Å². The molecule has 3 heterocycles. The zero-order valence-corrected chi connectivity index (χ0v) is 17.7. The lowest BCUT2D eigenvalue weighted by molar-refractivity contribution is -0.111. The number of aromatic nitrogens is 2. The molecule has 0 saturated heterocycles. The number of sulfonamides is 1. The lowest BCUT2D eigenvalue weighted by atomic mass is 10.3.